The maximum Gasteiger partial charge on any atom is 0.397 e. The van der Waals surface area contributed by atoms with Crippen molar-refractivity contribution in [1.29, 1.82) is 0 Å². The number of aliphatic hydroxyl groups excluding tert-OH is 4. The molecule has 0 aromatic carbocycles. The summed E-state index contributed by atoms with van der Waals surface area (Å²) in [5.74, 6) is -0.275. The molecule has 60 heavy (non-hydrogen) atoms. The number of nitrogens with one attached hydrogen (secondary N) is 1. The van der Waals surface area contributed by atoms with Crippen LogP contribution in [0.15, 0.2) is 36.5 Å². The number of rotatable bonds is 40. The Morgan fingerprint density at radius 2 is 1.10 bits per heavy atom. The molecule has 1 rings (SSSR count). The van der Waals surface area contributed by atoms with Crippen molar-refractivity contribution in [2.45, 2.75) is 243 Å². The normalized spacial score (nSPS) is 21.1. The molecular weight excluding hydrogens is 787 g/mol. The van der Waals surface area contributed by atoms with Crippen LogP contribution in [0.25, 0.3) is 0 Å². The van der Waals surface area contributed by atoms with Crippen molar-refractivity contribution < 1.29 is 51.8 Å². The number of carbonyl (C=O) groups is 1. The second-order valence-corrected chi connectivity index (χ2v) is 17.8. The van der Waals surface area contributed by atoms with Crippen LogP contribution in [0.3, 0.4) is 0 Å². The number of hydrogen-bond donors (Lipinski definition) is 6. The molecule has 7 atom stereocenters. The summed E-state index contributed by atoms with van der Waals surface area (Å²) in [6, 6.07) is -0.949. The van der Waals surface area contributed by atoms with Gasteiger partial charge in [-0.2, -0.15) is 8.42 Å². The molecule has 0 radical (unpaired) electrons. The fourth-order valence-corrected chi connectivity index (χ4v) is 7.95. The van der Waals surface area contributed by atoms with Gasteiger partial charge in [0.15, 0.2) is 6.29 Å². The van der Waals surface area contributed by atoms with Crippen LogP contribution in [0.4, 0.5) is 0 Å². The highest BCUT2D eigenvalue weighted by atomic mass is 32.3. The minimum absolute atomic E-state index is 0.255. The van der Waals surface area contributed by atoms with Crippen LogP contribution in [-0.4, -0.2) is 95.4 Å². The molecule has 1 aliphatic rings. The molecule has 0 aromatic heterocycles. The van der Waals surface area contributed by atoms with Crippen molar-refractivity contribution in [2.75, 3.05) is 13.2 Å². The van der Waals surface area contributed by atoms with Crippen molar-refractivity contribution in [3.8, 4) is 0 Å². The molecular formula is C47H87NO11S. The molecule has 1 saturated heterocycles. The highest BCUT2D eigenvalue weighted by Gasteiger charge is 2.48. The van der Waals surface area contributed by atoms with Gasteiger partial charge in [0.2, 0.25) is 5.91 Å². The van der Waals surface area contributed by atoms with Crippen LogP contribution in [0.2, 0.25) is 0 Å². The van der Waals surface area contributed by atoms with E-state index in [4.69, 9.17) is 9.47 Å². The van der Waals surface area contributed by atoms with Crippen LogP contribution < -0.4 is 5.32 Å². The highest BCUT2D eigenvalue weighted by Crippen LogP contribution is 2.26. The van der Waals surface area contributed by atoms with Crippen LogP contribution >= 0.6 is 0 Å². The zero-order valence-electron chi connectivity index (χ0n) is 37.5. The standard InChI is InChI=1S/C47H87NO11S/c1-3-5-7-9-11-13-15-17-19-20-21-23-24-26-28-30-32-34-36-41(50)40(39-57-47-45(53)46(59-60(54,55)56)44(52)42(38-49)58-47)48-43(51)37-35-33-31-29-27-25-22-18-16-14-12-10-8-6-4-2/h12,14,16,18,34,36,40-42,44-47,49-50,52-53H,3-11,13,15,17,19-33,35,37-39H2,1-2H3,(H,48,51)(H,54,55,56)/b14-12-,18-16-,36-34+. The topological polar surface area (TPSA) is 192 Å². The lowest BCUT2D eigenvalue weighted by atomic mass is 9.99. The predicted octanol–water partition coefficient (Wildman–Crippen LogP) is 9.50. The maximum absolute atomic E-state index is 13.0. The van der Waals surface area contributed by atoms with Gasteiger partial charge in [-0.15, -0.1) is 0 Å². The third-order valence-electron chi connectivity index (χ3n) is 11.2. The number of ether oxygens (including phenoxy) is 2. The quantitative estimate of drug-likeness (QED) is 0.0149. The van der Waals surface area contributed by atoms with Gasteiger partial charge >= 0.3 is 10.4 Å². The van der Waals surface area contributed by atoms with E-state index >= 15 is 0 Å². The third kappa shape index (κ3) is 30.4. The number of amides is 1. The van der Waals surface area contributed by atoms with Crippen molar-refractivity contribution in [3.63, 3.8) is 0 Å². The minimum Gasteiger partial charge on any atom is -0.394 e. The molecule has 352 valence electrons. The average Bonchev–Trinajstić information content (AvgIpc) is 3.22. The van der Waals surface area contributed by atoms with Crippen LogP contribution in [0.5, 0.6) is 0 Å². The van der Waals surface area contributed by atoms with Gasteiger partial charge in [0.1, 0.15) is 24.4 Å². The minimum atomic E-state index is -5.09. The summed E-state index contributed by atoms with van der Waals surface area (Å²) in [7, 11) is -5.09. The summed E-state index contributed by atoms with van der Waals surface area (Å²) in [5.41, 5.74) is 0. The van der Waals surface area contributed by atoms with E-state index in [0.29, 0.717) is 6.42 Å². The van der Waals surface area contributed by atoms with E-state index < -0.39 is 59.9 Å². The fourth-order valence-electron chi connectivity index (χ4n) is 7.44. The second-order valence-electron chi connectivity index (χ2n) is 16.7. The maximum atomic E-state index is 13.0. The first kappa shape index (κ1) is 56.3. The van der Waals surface area contributed by atoms with Crippen molar-refractivity contribution >= 4 is 16.3 Å². The Morgan fingerprint density at radius 3 is 1.58 bits per heavy atom. The molecule has 1 heterocycles. The van der Waals surface area contributed by atoms with Crippen molar-refractivity contribution in [1.82, 2.24) is 5.32 Å². The molecule has 0 aliphatic carbocycles. The molecule has 0 bridgehead atoms. The van der Waals surface area contributed by atoms with Gasteiger partial charge in [-0.3, -0.25) is 9.35 Å². The molecule has 13 heteroatoms. The van der Waals surface area contributed by atoms with Crippen LogP contribution in [-0.2, 0) is 28.9 Å². The van der Waals surface area contributed by atoms with E-state index in [0.717, 1.165) is 64.2 Å². The predicted molar refractivity (Wildman–Crippen MR) is 241 cm³/mol. The molecule has 0 saturated carbocycles. The lowest BCUT2D eigenvalue weighted by Crippen LogP contribution is -2.61. The zero-order chi connectivity index (χ0) is 44.1. The first-order valence-electron chi connectivity index (χ1n) is 23.9. The van der Waals surface area contributed by atoms with Gasteiger partial charge in [-0.05, 0) is 44.9 Å². The summed E-state index contributed by atoms with van der Waals surface area (Å²) in [6.45, 7) is 3.35. The van der Waals surface area contributed by atoms with E-state index in [9.17, 15) is 38.2 Å². The molecule has 7 unspecified atom stereocenters. The molecule has 0 spiro atoms. The number of hydrogen-bond acceptors (Lipinski definition) is 10. The summed E-state index contributed by atoms with van der Waals surface area (Å²) >= 11 is 0. The molecule has 12 nitrogen and oxygen atoms in total. The highest BCUT2D eigenvalue weighted by molar-refractivity contribution is 7.80. The SMILES string of the molecule is CCCCC/C=C\C=C/CCCCCCCCC(=O)NC(COC1OC(CO)C(O)C(OS(=O)(=O)O)C1O)C(O)/C=C/CCCCCCCCCCCCCCCCCC. The van der Waals surface area contributed by atoms with E-state index in [1.54, 1.807) is 6.08 Å². The summed E-state index contributed by atoms with van der Waals surface area (Å²) in [4.78, 5) is 13.0. The monoisotopic (exact) mass is 874 g/mol. The van der Waals surface area contributed by atoms with Crippen LogP contribution in [0.1, 0.15) is 200 Å². The fraction of sp³-hybridized carbons (Fsp3) is 0.851. The molecule has 6 N–H and O–H groups in total. The summed E-state index contributed by atoms with van der Waals surface area (Å²) < 4.78 is 47.6. The third-order valence-corrected chi connectivity index (χ3v) is 11.7. The Bertz CT molecular complexity index is 1210. The zero-order valence-corrected chi connectivity index (χ0v) is 38.3. The molecule has 1 fully saturated rings. The number of allylic oxidation sites excluding steroid dienone is 5. The van der Waals surface area contributed by atoms with E-state index in [-0.39, 0.29) is 18.9 Å². The van der Waals surface area contributed by atoms with Gasteiger partial charge in [-0.1, -0.05) is 185 Å². The van der Waals surface area contributed by atoms with Crippen molar-refractivity contribution in [2.24, 2.45) is 0 Å². The Morgan fingerprint density at radius 1 is 0.667 bits per heavy atom. The van der Waals surface area contributed by atoms with E-state index in [2.05, 4.69) is 47.7 Å². The van der Waals surface area contributed by atoms with Gasteiger partial charge < -0.3 is 35.2 Å². The largest absolute Gasteiger partial charge is 0.397 e. The van der Waals surface area contributed by atoms with E-state index in [1.165, 1.54) is 109 Å². The Hall–Kier alpha value is -1.68. The number of aliphatic hydroxyl groups is 4. The van der Waals surface area contributed by atoms with Gasteiger partial charge in [0.25, 0.3) is 0 Å². The Kier molecular flexibility index (Phi) is 35.5. The van der Waals surface area contributed by atoms with Crippen molar-refractivity contribution in [3.05, 3.63) is 36.5 Å². The summed E-state index contributed by atoms with van der Waals surface area (Å²) in [6.07, 6.45) is 36.0. The number of unbranched alkanes of at least 4 members (excludes halogenated alkanes) is 25. The molecule has 1 amide bonds. The Balaban J connectivity index is 2.52. The summed E-state index contributed by atoms with van der Waals surface area (Å²) in [5, 5.41) is 44.7. The van der Waals surface area contributed by atoms with Gasteiger partial charge in [-0.25, -0.2) is 4.18 Å². The first-order valence-corrected chi connectivity index (χ1v) is 25.3. The molecule has 0 aromatic rings. The Labute approximate surface area is 365 Å². The average molecular weight is 874 g/mol. The van der Waals surface area contributed by atoms with Gasteiger partial charge in [0.05, 0.1) is 25.4 Å². The number of carbonyl (C=O) groups excluding carboxylic acids is 1. The first-order chi connectivity index (χ1) is 29.0. The lowest BCUT2D eigenvalue weighted by molar-refractivity contribution is -0.298. The van der Waals surface area contributed by atoms with Gasteiger partial charge in [0, 0.05) is 6.42 Å². The second kappa shape index (κ2) is 37.8. The lowest BCUT2D eigenvalue weighted by Gasteiger charge is -2.41. The molecule has 1 aliphatic heterocycles. The smallest absolute Gasteiger partial charge is 0.394 e. The van der Waals surface area contributed by atoms with Crippen LogP contribution in [0, 0.1) is 0 Å². The van der Waals surface area contributed by atoms with E-state index in [1.807, 2.05) is 6.08 Å².